The van der Waals surface area contributed by atoms with Gasteiger partial charge in [0.15, 0.2) is 0 Å². The minimum absolute atomic E-state index is 0.113. The molecule has 114 valence electrons. The molecule has 0 aliphatic carbocycles. The van der Waals surface area contributed by atoms with Gasteiger partial charge in [-0.2, -0.15) is 0 Å². The minimum atomic E-state index is -0.431. The Bertz CT molecular complexity index is 642. The maximum atomic E-state index is 12.2. The highest BCUT2D eigenvalue weighted by molar-refractivity contribution is 6.31. The van der Waals surface area contributed by atoms with Gasteiger partial charge in [0.2, 0.25) is 5.91 Å². The number of carbonyl (C=O) groups is 1. The number of fused-ring (bicyclic) bond motifs is 1. The molecule has 0 saturated carbocycles. The van der Waals surface area contributed by atoms with Gasteiger partial charge in [0.05, 0.1) is 23.5 Å². The molecule has 0 fully saturated rings. The number of carbonyl (C=O) groups excluding carboxylic acids is 1. The predicted octanol–water partition coefficient (Wildman–Crippen LogP) is 2.75. The zero-order valence-corrected chi connectivity index (χ0v) is 13.4. The Morgan fingerprint density at radius 2 is 2.29 bits per heavy atom. The molecule has 1 atom stereocenters. The van der Waals surface area contributed by atoms with Gasteiger partial charge in [-0.05, 0) is 25.1 Å². The van der Waals surface area contributed by atoms with Crippen LogP contribution in [0.4, 0.5) is 0 Å². The fraction of sp³-hybridized carbons (Fsp3) is 0.429. The number of methoxy groups -OCH3 is 1. The topological polar surface area (TPSA) is 56.1 Å². The number of imidazole rings is 1. The van der Waals surface area contributed by atoms with E-state index < -0.39 is 6.04 Å². The molecule has 7 heteroatoms. The summed E-state index contributed by atoms with van der Waals surface area (Å²) >= 11 is 12.0. The monoisotopic (exact) mass is 329 g/mol. The number of rotatable bonds is 6. The van der Waals surface area contributed by atoms with Crippen molar-refractivity contribution < 1.29 is 9.53 Å². The molecule has 2 rings (SSSR count). The van der Waals surface area contributed by atoms with Crippen LogP contribution in [0, 0.1) is 0 Å². The number of hydrogen-bond donors (Lipinski definition) is 1. The molecular formula is C14H17Cl2N3O2. The van der Waals surface area contributed by atoms with E-state index in [0.717, 1.165) is 11.0 Å². The lowest BCUT2D eigenvalue weighted by Gasteiger charge is -2.16. The van der Waals surface area contributed by atoms with Crippen LogP contribution in [0.1, 0.15) is 18.8 Å². The van der Waals surface area contributed by atoms with Gasteiger partial charge in [0.1, 0.15) is 11.9 Å². The standard InChI is InChI=1S/C14H17Cl2N3O2/c1-9(14(20)17-5-6-21-2)19-12-7-10(16)3-4-11(12)18-13(19)8-15/h3-4,7,9H,5-6,8H2,1-2H3,(H,17,20). The first-order valence-electron chi connectivity index (χ1n) is 6.57. The third kappa shape index (κ3) is 3.48. The van der Waals surface area contributed by atoms with E-state index in [1.54, 1.807) is 26.2 Å². The molecule has 21 heavy (non-hydrogen) atoms. The Balaban J connectivity index is 2.34. The van der Waals surface area contributed by atoms with E-state index in [9.17, 15) is 4.79 Å². The number of nitrogens with one attached hydrogen (secondary N) is 1. The molecule has 1 aromatic carbocycles. The molecule has 0 saturated heterocycles. The van der Waals surface area contributed by atoms with Crippen LogP contribution >= 0.6 is 23.2 Å². The van der Waals surface area contributed by atoms with Crippen LogP contribution in [0.25, 0.3) is 11.0 Å². The SMILES string of the molecule is COCCNC(=O)C(C)n1c(CCl)nc2ccc(Cl)cc21. The minimum Gasteiger partial charge on any atom is -0.383 e. The Hall–Kier alpha value is -1.30. The van der Waals surface area contributed by atoms with Gasteiger partial charge in [-0.1, -0.05) is 11.6 Å². The molecule has 0 spiro atoms. The van der Waals surface area contributed by atoms with Crippen molar-refractivity contribution in [2.75, 3.05) is 20.3 Å². The molecule has 0 aliphatic rings. The molecule has 2 aromatic rings. The van der Waals surface area contributed by atoms with Crippen LogP contribution in [0.2, 0.25) is 5.02 Å². The molecule has 0 radical (unpaired) electrons. The summed E-state index contributed by atoms with van der Waals surface area (Å²) < 4.78 is 6.74. The number of alkyl halides is 1. The summed E-state index contributed by atoms with van der Waals surface area (Å²) in [7, 11) is 1.59. The summed E-state index contributed by atoms with van der Waals surface area (Å²) in [5.41, 5.74) is 1.57. The van der Waals surface area contributed by atoms with E-state index in [2.05, 4.69) is 10.3 Å². The van der Waals surface area contributed by atoms with Gasteiger partial charge in [-0.3, -0.25) is 4.79 Å². The number of benzene rings is 1. The highest BCUT2D eigenvalue weighted by Gasteiger charge is 2.21. The first-order chi connectivity index (χ1) is 10.1. The molecule has 1 heterocycles. The van der Waals surface area contributed by atoms with Gasteiger partial charge < -0.3 is 14.6 Å². The maximum absolute atomic E-state index is 12.2. The van der Waals surface area contributed by atoms with Crippen LogP contribution in [-0.2, 0) is 15.4 Å². The van der Waals surface area contributed by atoms with Crippen LogP contribution in [0.3, 0.4) is 0 Å². The van der Waals surface area contributed by atoms with E-state index in [1.807, 2.05) is 10.6 Å². The Morgan fingerprint density at radius 3 is 2.95 bits per heavy atom. The number of ether oxygens (including phenoxy) is 1. The fourth-order valence-corrected chi connectivity index (χ4v) is 2.54. The summed E-state index contributed by atoms with van der Waals surface area (Å²) in [5.74, 6) is 0.753. The van der Waals surface area contributed by atoms with Crippen LogP contribution < -0.4 is 5.32 Å². The van der Waals surface area contributed by atoms with Crippen molar-refractivity contribution in [1.82, 2.24) is 14.9 Å². The summed E-state index contributed by atoms with van der Waals surface area (Å²) in [6.45, 7) is 2.74. The van der Waals surface area contributed by atoms with Crippen molar-refractivity contribution in [3.63, 3.8) is 0 Å². The zero-order chi connectivity index (χ0) is 15.4. The van der Waals surface area contributed by atoms with E-state index in [-0.39, 0.29) is 11.8 Å². The highest BCUT2D eigenvalue weighted by Crippen LogP contribution is 2.25. The number of aromatic nitrogens is 2. The second-order valence-corrected chi connectivity index (χ2v) is 5.33. The molecule has 1 aromatic heterocycles. The third-order valence-corrected chi connectivity index (χ3v) is 3.69. The molecule has 1 unspecified atom stereocenters. The first kappa shape index (κ1) is 16.1. The van der Waals surface area contributed by atoms with E-state index in [0.29, 0.717) is 24.0 Å². The van der Waals surface area contributed by atoms with Crippen LogP contribution in [0.15, 0.2) is 18.2 Å². The number of hydrogen-bond acceptors (Lipinski definition) is 3. The second kappa shape index (κ2) is 7.11. The lowest BCUT2D eigenvalue weighted by molar-refractivity contribution is -0.124. The van der Waals surface area contributed by atoms with Gasteiger partial charge in [-0.15, -0.1) is 11.6 Å². The average molecular weight is 330 g/mol. The van der Waals surface area contributed by atoms with Crippen molar-refractivity contribution in [2.45, 2.75) is 18.8 Å². The van der Waals surface area contributed by atoms with Crippen molar-refractivity contribution in [2.24, 2.45) is 0 Å². The summed E-state index contributed by atoms with van der Waals surface area (Å²) in [6, 6.07) is 4.94. The normalized spacial score (nSPS) is 12.6. The van der Waals surface area contributed by atoms with Crippen LogP contribution in [0.5, 0.6) is 0 Å². The summed E-state index contributed by atoms with van der Waals surface area (Å²) in [5, 5.41) is 3.41. The number of nitrogens with zero attached hydrogens (tertiary/aromatic N) is 2. The van der Waals surface area contributed by atoms with Crippen molar-refractivity contribution in [3.05, 3.63) is 29.0 Å². The van der Waals surface area contributed by atoms with Gasteiger partial charge in [0, 0.05) is 18.7 Å². The lowest BCUT2D eigenvalue weighted by Crippen LogP contribution is -2.33. The first-order valence-corrected chi connectivity index (χ1v) is 7.48. The largest absolute Gasteiger partial charge is 0.383 e. The van der Waals surface area contributed by atoms with E-state index >= 15 is 0 Å². The number of halogens is 2. The highest BCUT2D eigenvalue weighted by atomic mass is 35.5. The van der Waals surface area contributed by atoms with Crippen molar-refractivity contribution in [3.8, 4) is 0 Å². The maximum Gasteiger partial charge on any atom is 0.242 e. The van der Waals surface area contributed by atoms with Crippen LogP contribution in [-0.4, -0.2) is 35.7 Å². The lowest BCUT2D eigenvalue weighted by atomic mass is 10.2. The Morgan fingerprint density at radius 1 is 1.52 bits per heavy atom. The van der Waals surface area contributed by atoms with Gasteiger partial charge in [0.25, 0.3) is 0 Å². The Kier molecular flexibility index (Phi) is 5.45. The third-order valence-electron chi connectivity index (χ3n) is 3.22. The molecule has 1 N–H and O–H groups in total. The fourth-order valence-electron chi connectivity index (χ4n) is 2.18. The summed E-state index contributed by atoms with van der Waals surface area (Å²) in [6.07, 6.45) is 0. The molecule has 5 nitrogen and oxygen atoms in total. The van der Waals surface area contributed by atoms with Crippen molar-refractivity contribution >= 4 is 40.1 Å². The number of amides is 1. The average Bonchev–Trinajstić information content (AvgIpc) is 2.84. The van der Waals surface area contributed by atoms with Crippen molar-refractivity contribution in [1.29, 1.82) is 0 Å². The Labute approximate surface area is 133 Å². The predicted molar refractivity (Wildman–Crippen MR) is 83.9 cm³/mol. The van der Waals surface area contributed by atoms with E-state index in [1.165, 1.54) is 0 Å². The second-order valence-electron chi connectivity index (χ2n) is 4.62. The molecule has 0 aliphatic heterocycles. The smallest absolute Gasteiger partial charge is 0.242 e. The van der Waals surface area contributed by atoms with E-state index in [4.69, 9.17) is 27.9 Å². The molecule has 1 amide bonds. The summed E-state index contributed by atoms with van der Waals surface area (Å²) in [4.78, 5) is 16.7. The molecular weight excluding hydrogens is 313 g/mol. The molecule has 0 bridgehead atoms. The quantitative estimate of drug-likeness (QED) is 0.654. The zero-order valence-electron chi connectivity index (χ0n) is 11.9. The van der Waals surface area contributed by atoms with Gasteiger partial charge >= 0.3 is 0 Å². The van der Waals surface area contributed by atoms with Gasteiger partial charge in [-0.25, -0.2) is 4.98 Å².